The standard InChI is InChI=1S/C17H23N3O2/c1-12-15(13(2)20(3)19-12)9-10-17(22)18-16(11-21)14-7-5-4-6-8-14/h4-8,16,21H,9-11H2,1-3H3,(H,18,22). The molecule has 5 heteroatoms. The second kappa shape index (κ2) is 7.22. The lowest BCUT2D eigenvalue weighted by Crippen LogP contribution is -2.30. The number of aliphatic hydroxyl groups excluding tert-OH is 1. The molecule has 0 saturated carbocycles. The third kappa shape index (κ3) is 3.74. The van der Waals surface area contributed by atoms with Crippen molar-refractivity contribution in [3.05, 3.63) is 52.8 Å². The first-order valence-corrected chi connectivity index (χ1v) is 7.47. The Hall–Kier alpha value is -2.14. The zero-order valence-corrected chi connectivity index (χ0v) is 13.3. The van der Waals surface area contributed by atoms with Gasteiger partial charge in [-0.1, -0.05) is 30.3 Å². The van der Waals surface area contributed by atoms with Crippen molar-refractivity contribution >= 4 is 5.91 Å². The molecular weight excluding hydrogens is 278 g/mol. The summed E-state index contributed by atoms with van der Waals surface area (Å²) >= 11 is 0. The van der Waals surface area contributed by atoms with E-state index in [0.717, 1.165) is 22.5 Å². The fourth-order valence-electron chi connectivity index (χ4n) is 2.60. The van der Waals surface area contributed by atoms with Gasteiger partial charge >= 0.3 is 0 Å². The second-order valence-electron chi connectivity index (χ2n) is 5.49. The van der Waals surface area contributed by atoms with Crippen molar-refractivity contribution in [2.75, 3.05) is 6.61 Å². The summed E-state index contributed by atoms with van der Waals surface area (Å²) < 4.78 is 1.84. The summed E-state index contributed by atoms with van der Waals surface area (Å²) in [4.78, 5) is 12.1. The highest BCUT2D eigenvalue weighted by atomic mass is 16.3. The number of aliphatic hydroxyl groups is 1. The van der Waals surface area contributed by atoms with Crippen LogP contribution in [-0.4, -0.2) is 27.4 Å². The molecule has 2 aromatic rings. The van der Waals surface area contributed by atoms with E-state index in [0.29, 0.717) is 12.8 Å². The van der Waals surface area contributed by atoms with Crippen molar-refractivity contribution in [2.45, 2.75) is 32.7 Å². The summed E-state index contributed by atoms with van der Waals surface area (Å²) in [7, 11) is 1.91. The molecule has 2 N–H and O–H groups in total. The highest BCUT2D eigenvalue weighted by molar-refractivity contribution is 5.76. The van der Waals surface area contributed by atoms with Crippen LogP contribution in [-0.2, 0) is 18.3 Å². The summed E-state index contributed by atoms with van der Waals surface area (Å²) in [5.74, 6) is -0.0643. The van der Waals surface area contributed by atoms with E-state index in [1.54, 1.807) is 0 Å². The third-order valence-electron chi connectivity index (χ3n) is 3.98. The van der Waals surface area contributed by atoms with E-state index >= 15 is 0 Å². The molecule has 1 heterocycles. The number of amides is 1. The number of hydrogen-bond donors (Lipinski definition) is 2. The van der Waals surface area contributed by atoms with E-state index in [2.05, 4.69) is 10.4 Å². The molecule has 0 radical (unpaired) electrons. The summed E-state index contributed by atoms with van der Waals surface area (Å²) in [6.45, 7) is 3.86. The first kappa shape index (κ1) is 16.2. The first-order chi connectivity index (χ1) is 10.5. The number of aromatic nitrogens is 2. The molecule has 0 fully saturated rings. The number of carbonyl (C=O) groups is 1. The SMILES string of the molecule is Cc1nn(C)c(C)c1CCC(=O)NC(CO)c1ccccc1. The predicted molar refractivity (Wildman–Crippen MR) is 85.4 cm³/mol. The monoisotopic (exact) mass is 301 g/mol. The Morgan fingerprint density at radius 3 is 2.55 bits per heavy atom. The molecule has 2 rings (SSSR count). The van der Waals surface area contributed by atoms with E-state index < -0.39 is 0 Å². The fraction of sp³-hybridized carbons (Fsp3) is 0.412. The summed E-state index contributed by atoms with van der Waals surface area (Å²) in [6.07, 6.45) is 1.04. The van der Waals surface area contributed by atoms with Crippen LogP contribution in [0.4, 0.5) is 0 Å². The Morgan fingerprint density at radius 2 is 2.00 bits per heavy atom. The van der Waals surface area contributed by atoms with Gasteiger partial charge in [0.15, 0.2) is 0 Å². The molecule has 1 aromatic heterocycles. The molecule has 0 aliphatic heterocycles. The maximum Gasteiger partial charge on any atom is 0.220 e. The Morgan fingerprint density at radius 1 is 1.32 bits per heavy atom. The van der Waals surface area contributed by atoms with E-state index in [1.807, 2.05) is 55.9 Å². The number of rotatable bonds is 6. The van der Waals surface area contributed by atoms with Crippen LogP contribution in [0.3, 0.4) is 0 Å². The number of nitrogens with zero attached hydrogens (tertiary/aromatic N) is 2. The van der Waals surface area contributed by atoms with Gasteiger partial charge in [-0.25, -0.2) is 0 Å². The van der Waals surface area contributed by atoms with Crippen LogP contribution in [0.25, 0.3) is 0 Å². The Balaban J connectivity index is 1.95. The molecule has 0 aliphatic rings. The molecule has 1 aromatic carbocycles. The maximum absolute atomic E-state index is 12.1. The van der Waals surface area contributed by atoms with Gasteiger partial charge in [0.05, 0.1) is 18.3 Å². The second-order valence-corrected chi connectivity index (χ2v) is 5.49. The first-order valence-electron chi connectivity index (χ1n) is 7.47. The van der Waals surface area contributed by atoms with Crippen LogP contribution in [0.2, 0.25) is 0 Å². The van der Waals surface area contributed by atoms with Gasteiger partial charge in [0.2, 0.25) is 5.91 Å². The van der Waals surface area contributed by atoms with Crippen LogP contribution in [0.15, 0.2) is 30.3 Å². The van der Waals surface area contributed by atoms with Crippen molar-refractivity contribution in [1.29, 1.82) is 0 Å². The van der Waals surface area contributed by atoms with Gasteiger partial charge in [0.1, 0.15) is 0 Å². The average molecular weight is 301 g/mol. The molecule has 0 bridgehead atoms. The highest BCUT2D eigenvalue weighted by Gasteiger charge is 2.15. The Labute approximate surface area is 131 Å². The molecule has 1 unspecified atom stereocenters. The summed E-state index contributed by atoms with van der Waals surface area (Å²) in [5, 5.41) is 16.7. The lowest BCUT2D eigenvalue weighted by atomic mass is 10.1. The predicted octanol–water partition coefficient (Wildman–Crippen LogP) is 1.82. The lowest BCUT2D eigenvalue weighted by molar-refractivity contribution is -0.122. The van der Waals surface area contributed by atoms with Gasteiger partial charge in [-0.15, -0.1) is 0 Å². The van der Waals surface area contributed by atoms with Crippen molar-refractivity contribution in [1.82, 2.24) is 15.1 Å². The van der Waals surface area contributed by atoms with Crippen LogP contribution in [0.5, 0.6) is 0 Å². The third-order valence-corrected chi connectivity index (χ3v) is 3.98. The van der Waals surface area contributed by atoms with Crippen LogP contribution < -0.4 is 5.32 Å². The number of carbonyl (C=O) groups excluding carboxylic acids is 1. The van der Waals surface area contributed by atoms with E-state index in [1.165, 1.54) is 0 Å². The van der Waals surface area contributed by atoms with Crippen molar-refractivity contribution < 1.29 is 9.90 Å². The summed E-state index contributed by atoms with van der Waals surface area (Å²) in [6, 6.07) is 9.14. The minimum Gasteiger partial charge on any atom is -0.394 e. The van der Waals surface area contributed by atoms with Crippen LogP contribution in [0.1, 0.15) is 35.0 Å². The number of benzene rings is 1. The van der Waals surface area contributed by atoms with Crippen molar-refractivity contribution in [3.63, 3.8) is 0 Å². The molecule has 1 amide bonds. The van der Waals surface area contributed by atoms with E-state index in [-0.39, 0.29) is 18.6 Å². The minimum atomic E-state index is -0.357. The van der Waals surface area contributed by atoms with Crippen molar-refractivity contribution in [3.8, 4) is 0 Å². The highest BCUT2D eigenvalue weighted by Crippen LogP contribution is 2.15. The van der Waals surface area contributed by atoms with Gasteiger partial charge in [-0.3, -0.25) is 9.48 Å². The van der Waals surface area contributed by atoms with Crippen LogP contribution >= 0.6 is 0 Å². The smallest absolute Gasteiger partial charge is 0.220 e. The molecule has 118 valence electrons. The maximum atomic E-state index is 12.1. The van der Waals surface area contributed by atoms with Gasteiger partial charge in [0.25, 0.3) is 0 Å². The molecule has 0 spiro atoms. The van der Waals surface area contributed by atoms with Crippen molar-refractivity contribution in [2.24, 2.45) is 7.05 Å². The van der Waals surface area contributed by atoms with Crippen LogP contribution in [0, 0.1) is 13.8 Å². The largest absolute Gasteiger partial charge is 0.394 e. The Kier molecular flexibility index (Phi) is 5.33. The van der Waals surface area contributed by atoms with Gasteiger partial charge in [-0.05, 0) is 31.4 Å². The zero-order chi connectivity index (χ0) is 16.1. The number of hydrogen-bond acceptors (Lipinski definition) is 3. The Bertz CT molecular complexity index is 635. The minimum absolute atomic E-state index is 0.0643. The molecule has 1 atom stereocenters. The van der Waals surface area contributed by atoms with Gasteiger partial charge in [-0.2, -0.15) is 5.10 Å². The molecule has 0 saturated heterocycles. The molecule has 5 nitrogen and oxygen atoms in total. The quantitative estimate of drug-likeness (QED) is 0.855. The summed E-state index contributed by atoms with van der Waals surface area (Å²) in [5.41, 5.74) is 4.09. The molecular formula is C17H23N3O2. The van der Waals surface area contributed by atoms with Gasteiger partial charge in [0, 0.05) is 19.2 Å². The van der Waals surface area contributed by atoms with Gasteiger partial charge < -0.3 is 10.4 Å². The molecule has 0 aliphatic carbocycles. The fourth-order valence-corrected chi connectivity index (χ4v) is 2.60. The number of nitrogens with one attached hydrogen (secondary N) is 1. The zero-order valence-electron chi connectivity index (χ0n) is 13.3. The topological polar surface area (TPSA) is 67.2 Å². The van der Waals surface area contributed by atoms with E-state index in [9.17, 15) is 9.90 Å². The lowest BCUT2D eigenvalue weighted by Gasteiger charge is -2.16. The van der Waals surface area contributed by atoms with E-state index in [4.69, 9.17) is 0 Å². The average Bonchev–Trinajstić information content (AvgIpc) is 2.76. The molecule has 22 heavy (non-hydrogen) atoms. The number of aryl methyl sites for hydroxylation is 2. The normalized spacial score (nSPS) is 12.2.